The molecule has 10 nitrogen and oxygen atoms in total. The number of amides is 1. The molecule has 0 fully saturated rings. The normalized spacial score (nSPS) is 10.5. The maximum absolute atomic E-state index is 11.1. The highest BCUT2D eigenvalue weighted by Gasteiger charge is 2.08. The number of rotatable bonds is 7. The highest BCUT2D eigenvalue weighted by atomic mass is 32.1. The number of carbonyl (C=O) groups is 1. The first-order valence-corrected chi connectivity index (χ1v) is 7.88. The second-order valence-corrected chi connectivity index (χ2v) is 5.83. The van der Waals surface area contributed by atoms with E-state index in [1.165, 1.54) is 17.5 Å². The van der Waals surface area contributed by atoms with Gasteiger partial charge in [0.05, 0.1) is 18.9 Å². The summed E-state index contributed by atoms with van der Waals surface area (Å²) >= 11 is 1.17. The SMILES string of the molecule is Cc1nc(NCCn2ccnn2)cc(Nc2ncc(C(N)=O)s2)n1. The van der Waals surface area contributed by atoms with E-state index < -0.39 is 5.91 Å². The smallest absolute Gasteiger partial charge is 0.260 e. The molecule has 3 heterocycles. The number of thiazole rings is 1. The van der Waals surface area contributed by atoms with Gasteiger partial charge in [-0.15, -0.1) is 5.10 Å². The van der Waals surface area contributed by atoms with Crippen molar-refractivity contribution in [3.05, 3.63) is 35.4 Å². The maximum Gasteiger partial charge on any atom is 0.260 e. The summed E-state index contributed by atoms with van der Waals surface area (Å²) < 4.78 is 1.72. The molecule has 3 aromatic heterocycles. The first-order valence-electron chi connectivity index (χ1n) is 7.06. The van der Waals surface area contributed by atoms with Crippen molar-refractivity contribution in [2.24, 2.45) is 5.73 Å². The van der Waals surface area contributed by atoms with E-state index >= 15 is 0 Å². The Hall–Kier alpha value is -3.08. The second-order valence-electron chi connectivity index (χ2n) is 4.80. The fourth-order valence-corrected chi connectivity index (χ4v) is 2.60. The molecule has 0 spiro atoms. The summed E-state index contributed by atoms with van der Waals surface area (Å²) in [5.41, 5.74) is 5.22. The number of nitrogens with two attached hydrogens (primary N) is 1. The molecule has 4 N–H and O–H groups in total. The molecule has 0 bridgehead atoms. The quantitative estimate of drug-likeness (QED) is 0.571. The Labute approximate surface area is 141 Å². The number of nitrogens with one attached hydrogen (secondary N) is 2. The first kappa shape index (κ1) is 15.8. The van der Waals surface area contributed by atoms with Crippen LogP contribution < -0.4 is 16.4 Å². The Bertz CT molecular complexity index is 830. The van der Waals surface area contributed by atoms with E-state index in [1.54, 1.807) is 30.1 Å². The topological polar surface area (TPSA) is 137 Å². The Morgan fingerprint density at radius 1 is 1.38 bits per heavy atom. The van der Waals surface area contributed by atoms with E-state index in [4.69, 9.17) is 5.73 Å². The van der Waals surface area contributed by atoms with Gasteiger partial charge in [0.1, 0.15) is 22.3 Å². The molecule has 3 aromatic rings. The summed E-state index contributed by atoms with van der Waals surface area (Å²) in [6.45, 7) is 3.10. The van der Waals surface area contributed by atoms with Crippen molar-refractivity contribution in [2.45, 2.75) is 13.5 Å². The van der Waals surface area contributed by atoms with Gasteiger partial charge >= 0.3 is 0 Å². The van der Waals surface area contributed by atoms with E-state index in [2.05, 4.69) is 35.9 Å². The molecular weight excluding hydrogens is 330 g/mol. The van der Waals surface area contributed by atoms with Gasteiger partial charge in [-0.3, -0.25) is 9.48 Å². The fourth-order valence-electron chi connectivity index (χ4n) is 1.93. The molecule has 24 heavy (non-hydrogen) atoms. The molecule has 0 aliphatic carbocycles. The lowest BCUT2D eigenvalue weighted by Crippen LogP contribution is -2.12. The Balaban J connectivity index is 1.65. The van der Waals surface area contributed by atoms with Crippen molar-refractivity contribution in [3.8, 4) is 0 Å². The van der Waals surface area contributed by atoms with Crippen LogP contribution in [0.15, 0.2) is 24.7 Å². The minimum Gasteiger partial charge on any atom is -0.368 e. The first-order chi connectivity index (χ1) is 11.6. The molecule has 3 rings (SSSR count). The summed E-state index contributed by atoms with van der Waals surface area (Å²) in [6.07, 6.45) is 4.85. The summed E-state index contributed by atoms with van der Waals surface area (Å²) in [7, 11) is 0. The summed E-state index contributed by atoms with van der Waals surface area (Å²) in [5.74, 6) is 1.36. The molecule has 0 aliphatic heterocycles. The summed E-state index contributed by atoms with van der Waals surface area (Å²) in [5, 5.41) is 14.4. The summed E-state index contributed by atoms with van der Waals surface area (Å²) in [4.78, 5) is 24.2. The number of hydrogen-bond acceptors (Lipinski definition) is 9. The molecule has 0 aromatic carbocycles. The Kier molecular flexibility index (Phi) is 4.61. The number of aryl methyl sites for hydroxylation is 1. The zero-order valence-corrected chi connectivity index (χ0v) is 13.6. The molecular formula is C13H15N9OS. The zero-order valence-electron chi connectivity index (χ0n) is 12.8. The molecule has 0 radical (unpaired) electrons. The van der Waals surface area contributed by atoms with Gasteiger partial charge in [-0.05, 0) is 6.92 Å². The zero-order chi connectivity index (χ0) is 16.9. The average Bonchev–Trinajstić information content (AvgIpc) is 3.18. The third kappa shape index (κ3) is 4.01. The van der Waals surface area contributed by atoms with Gasteiger partial charge in [0, 0.05) is 18.8 Å². The predicted octanol–water partition coefficient (Wildman–Crippen LogP) is 0.788. The van der Waals surface area contributed by atoms with Crippen LogP contribution >= 0.6 is 11.3 Å². The van der Waals surface area contributed by atoms with E-state index in [0.29, 0.717) is 40.6 Å². The Morgan fingerprint density at radius 3 is 2.92 bits per heavy atom. The molecule has 0 aliphatic rings. The second kappa shape index (κ2) is 7.00. The Morgan fingerprint density at radius 2 is 2.21 bits per heavy atom. The van der Waals surface area contributed by atoms with Crippen LogP contribution in [0.4, 0.5) is 16.8 Å². The number of hydrogen-bond donors (Lipinski definition) is 3. The molecule has 11 heteroatoms. The van der Waals surface area contributed by atoms with E-state index in [0.717, 1.165) is 0 Å². The molecule has 0 saturated heterocycles. The lowest BCUT2D eigenvalue weighted by atomic mass is 10.4. The largest absolute Gasteiger partial charge is 0.368 e. The average molecular weight is 345 g/mol. The van der Waals surface area contributed by atoms with E-state index in [-0.39, 0.29) is 0 Å². The van der Waals surface area contributed by atoms with Crippen LogP contribution in [0.1, 0.15) is 15.5 Å². The molecule has 124 valence electrons. The third-order valence-electron chi connectivity index (χ3n) is 2.94. The van der Waals surface area contributed by atoms with Crippen LogP contribution in [0.2, 0.25) is 0 Å². The van der Waals surface area contributed by atoms with Crippen LogP contribution in [0, 0.1) is 6.92 Å². The maximum atomic E-state index is 11.1. The number of aromatic nitrogens is 6. The van der Waals surface area contributed by atoms with Crippen LogP contribution in [0.3, 0.4) is 0 Å². The van der Waals surface area contributed by atoms with Gasteiger partial charge in [-0.1, -0.05) is 16.6 Å². The lowest BCUT2D eigenvalue weighted by molar-refractivity contribution is 0.100. The van der Waals surface area contributed by atoms with E-state index in [1.807, 2.05) is 0 Å². The highest BCUT2D eigenvalue weighted by Crippen LogP contribution is 2.22. The predicted molar refractivity (Wildman–Crippen MR) is 89.2 cm³/mol. The number of carbonyl (C=O) groups excluding carboxylic acids is 1. The standard InChI is InChI=1S/C13H15N9OS/c1-8-18-10(15-2-4-22-5-3-17-21-22)6-11(19-8)20-13-16-7-9(24-13)12(14)23/h3,5-7H,2,4H2,1H3,(H2,14,23)(H2,15,16,18,19,20). The van der Waals surface area contributed by atoms with E-state index in [9.17, 15) is 4.79 Å². The highest BCUT2D eigenvalue weighted by molar-refractivity contribution is 7.17. The summed E-state index contributed by atoms with van der Waals surface area (Å²) in [6, 6.07) is 1.76. The molecule has 0 saturated carbocycles. The van der Waals surface area contributed by atoms with Gasteiger partial charge < -0.3 is 16.4 Å². The number of primary amides is 1. The van der Waals surface area contributed by atoms with Gasteiger partial charge in [-0.25, -0.2) is 15.0 Å². The number of nitrogens with zero attached hydrogens (tertiary/aromatic N) is 6. The van der Waals surface area contributed by atoms with Crippen molar-refractivity contribution in [3.63, 3.8) is 0 Å². The van der Waals surface area contributed by atoms with Crippen molar-refractivity contribution in [2.75, 3.05) is 17.2 Å². The minimum atomic E-state index is -0.505. The minimum absolute atomic E-state index is 0.384. The van der Waals surface area contributed by atoms with Crippen LogP contribution in [0.25, 0.3) is 0 Å². The van der Waals surface area contributed by atoms with Crippen molar-refractivity contribution >= 4 is 34.0 Å². The van der Waals surface area contributed by atoms with Crippen molar-refractivity contribution in [1.82, 2.24) is 29.9 Å². The van der Waals surface area contributed by atoms with Crippen LogP contribution in [-0.4, -0.2) is 42.4 Å². The van der Waals surface area contributed by atoms with Crippen LogP contribution in [-0.2, 0) is 6.54 Å². The van der Waals surface area contributed by atoms with Gasteiger partial charge in [-0.2, -0.15) is 0 Å². The molecule has 1 amide bonds. The molecule has 0 unspecified atom stereocenters. The lowest BCUT2D eigenvalue weighted by Gasteiger charge is -2.08. The van der Waals surface area contributed by atoms with Crippen molar-refractivity contribution < 1.29 is 4.79 Å². The number of anilines is 3. The van der Waals surface area contributed by atoms with Crippen molar-refractivity contribution in [1.29, 1.82) is 0 Å². The van der Waals surface area contributed by atoms with Gasteiger partial charge in [0.15, 0.2) is 5.13 Å². The fraction of sp³-hybridized carbons (Fsp3) is 0.231. The van der Waals surface area contributed by atoms with Crippen LogP contribution in [0.5, 0.6) is 0 Å². The monoisotopic (exact) mass is 345 g/mol. The third-order valence-corrected chi connectivity index (χ3v) is 3.87. The van der Waals surface area contributed by atoms with Gasteiger partial charge in [0.2, 0.25) is 0 Å². The van der Waals surface area contributed by atoms with Gasteiger partial charge in [0.25, 0.3) is 5.91 Å². The molecule has 0 atom stereocenters.